The molecule has 0 radical (unpaired) electrons. The molecule has 1 aromatic rings. The van der Waals surface area contributed by atoms with Gasteiger partial charge in [-0.15, -0.1) is 0 Å². The van der Waals surface area contributed by atoms with Crippen molar-refractivity contribution in [3.8, 4) is 6.07 Å². The molecule has 6 nitrogen and oxygen atoms in total. The highest BCUT2D eigenvalue weighted by Gasteiger charge is 2.28. The van der Waals surface area contributed by atoms with E-state index in [0.717, 1.165) is 19.2 Å². The number of hydrogen-bond acceptors (Lipinski definition) is 4. The van der Waals surface area contributed by atoms with Crippen LogP contribution >= 0.6 is 0 Å². The fourth-order valence-corrected chi connectivity index (χ4v) is 2.84. The number of aliphatic carboxylic acids is 1. The molecule has 0 amide bonds. The Balaban J connectivity index is 3.09. The largest absolute Gasteiger partial charge is 0.480 e. The van der Waals surface area contributed by atoms with Gasteiger partial charge in [0, 0.05) is 12.6 Å². The number of sulfonamides is 1. The lowest BCUT2D eigenvalue weighted by Gasteiger charge is -2.21. The van der Waals surface area contributed by atoms with Crippen molar-refractivity contribution in [3.05, 3.63) is 35.1 Å². The average molecular weight is 300 g/mol. The van der Waals surface area contributed by atoms with Gasteiger partial charge < -0.3 is 5.11 Å². The van der Waals surface area contributed by atoms with Gasteiger partial charge in [0.15, 0.2) is 0 Å². The molecule has 1 aromatic carbocycles. The molecule has 108 valence electrons. The number of benzene rings is 1. The molecule has 1 rings (SSSR count). The SMILES string of the molecule is CC(C(=O)O)N(C)S(=O)(=O)Cc1cc(C#N)ccc1F. The van der Waals surface area contributed by atoms with Crippen LogP contribution in [0.4, 0.5) is 4.39 Å². The van der Waals surface area contributed by atoms with E-state index in [-0.39, 0.29) is 11.1 Å². The van der Waals surface area contributed by atoms with Crippen molar-refractivity contribution in [1.82, 2.24) is 4.31 Å². The molecule has 0 aliphatic rings. The number of likely N-dealkylation sites (N-methyl/N-ethyl adjacent to an activating group) is 1. The number of hydrogen-bond donors (Lipinski definition) is 1. The van der Waals surface area contributed by atoms with Crippen LogP contribution in [0.3, 0.4) is 0 Å². The van der Waals surface area contributed by atoms with Gasteiger partial charge in [-0.3, -0.25) is 4.79 Å². The van der Waals surface area contributed by atoms with E-state index in [4.69, 9.17) is 10.4 Å². The quantitative estimate of drug-likeness (QED) is 0.872. The molecule has 0 saturated carbocycles. The summed E-state index contributed by atoms with van der Waals surface area (Å²) in [6.07, 6.45) is 0. The van der Waals surface area contributed by atoms with E-state index in [1.165, 1.54) is 13.0 Å². The van der Waals surface area contributed by atoms with E-state index in [1.807, 2.05) is 0 Å². The van der Waals surface area contributed by atoms with Gasteiger partial charge in [0.1, 0.15) is 11.9 Å². The van der Waals surface area contributed by atoms with Gasteiger partial charge in [-0.05, 0) is 25.1 Å². The molecule has 1 unspecified atom stereocenters. The van der Waals surface area contributed by atoms with Gasteiger partial charge in [0.25, 0.3) is 0 Å². The van der Waals surface area contributed by atoms with Crippen LogP contribution in [-0.2, 0) is 20.6 Å². The van der Waals surface area contributed by atoms with E-state index in [0.29, 0.717) is 4.31 Å². The third kappa shape index (κ3) is 3.53. The number of halogens is 1. The smallest absolute Gasteiger partial charge is 0.321 e. The van der Waals surface area contributed by atoms with E-state index in [9.17, 15) is 17.6 Å². The number of nitriles is 1. The molecule has 0 heterocycles. The van der Waals surface area contributed by atoms with Crippen LogP contribution in [-0.4, -0.2) is 36.9 Å². The molecular formula is C12H13FN2O4S. The minimum atomic E-state index is -4.00. The minimum absolute atomic E-state index is 0.130. The van der Waals surface area contributed by atoms with Crippen molar-refractivity contribution in [2.75, 3.05) is 7.05 Å². The summed E-state index contributed by atoms with van der Waals surface area (Å²) in [4.78, 5) is 10.8. The predicted molar refractivity (Wildman–Crippen MR) is 68.6 cm³/mol. The lowest BCUT2D eigenvalue weighted by atomic mass is 10.1. The summed E-state index contributed by atoms with van der Waals surface area (Å²) < 4.78 is 38.2. The second kappa shape index (κ2) is 5.98. The Hall–Kier alpha value is -1.98. The maximum atomic E-state index is 13.6. The van der Waals surface area contributed by atoms with Gasteiger partial charge in [-0.2, -0.15) is 9.57 Å². The zero-order valence-corrected chi connectivity index (χ0v) is 11.7. The molecule has 1 N–H and O–H groups in total. The molecule has 0 spiro atoms. The van der Waals surface area contributed by atoms with Crippen LogP contribution in [0.2, 0.25) is 0 Å². The van der Waals surface area contributed by atoms with Gasteiger partial charge in [0.2, 0.25) is 10.0 Å². The molecule has 8 heteroatoms. The summed E-state index contributed by atoms with van der Waals surface area (Å²) in [6.45, 7) is 1.21. The first kappa shape index (κ1) is 16.1. The first-order valence-electron chi connectivity index (χ1n) is 5.56. The van der Waals surface area contributed by atoms with Crippen molar-refractivity contribution in [2.45, 2.75) is 18.7 Å². The van der Waals surface area contributed by atoms with Crippen molar-refractivity contribution in [3.63, 3.8) is 0 Å². The van der Waals surface area contributed by atoms with Crippen LogP contribution in [0.25, 0.3) is 0 Å². The summed E-state index contributed by atoms with van der Waals surface area (Å²) >= 11 is 0. The number of carboxylic acids is 1. The Morgan fingerprint density at radius 1 is 1.55 bits per heavy atom. The van der Waals surface area contributed by atoms with Crippen LogP contribution in [0, 0.1) is 17.1 Å². The molecule has 0 aliphatic heterocycles. The van der Waals surface area contributed by atoms with Crippen molar-refractivity contribution in [2.24, 2.45) is 0 Å². The van der Waals surface area contributed by atoms with Crippen LogP contribution in [0.5, 0.6) is 0 Å². The topological polar surface area (TPSA) is 98.5 Å². The molecule has 0 fully saturated rings. The van der Waals surface area contributed by atoms with Crippen molar-refractivity contribution >= 4 is 16.0 Å². The van der Waals surface area contributed by atoms with Gasteiger partial charge in [0.05, 0.1) is 17.4 Å². The predicted octanol–water partition coefficient (Wildman–Crippen LogP) is 0.932. The summed E-state index contributed by atoms with van der Waals surface area (Å²) in [5.41, 5.74) is -0.0426. The van der Waals surface area contributed by atoms with Crippen LogP contribution in [0.15, 0.2) is 18.2 Å². The normalized spacial score (nSPS) is 12.9. The lowest BCUT2D eigenvalue weighted by molar-refractivity contribution is -0.140. The van der Waals surface area contributed by atoms with Gasteiger partial charge in [-0.1, -0.05) is 0 Å². The average Bonchev–Trinajstić information content (AvgIpc) is 2.39. The fraction of sp³-hybridized carbons (Fsp3) is 0.333. The molecule has 1 atom stereocenters. The zero-order valence-electron chi connectivity index (χ0n) is 10.9. The van der Waals surface area contributed by atoms with Crippen LogP contribution in [0.1, 0.15) is 18.1 Å². The maximum absolute atomic E-state index is 13.6. The van der Waals surface area contributed by atoms with Gasteiger partial charge >= 0.3 is 5.97 Å². The fourth-order valence-electron chi connectivity index (χ4n) is 1.45. The first-order chi connectivity index (χ1) is 9.19. The highest BCUT2D eigenvalue weighted by Crippen LogP contribution is 2.16. The van der Waals surface area contributed by atoms with E-state index < -0.39 is 33.6 Å². The monoisotopic (exact) mass is 300 g/mol. The van der Waals surface area contributed by atoms with Gasteiger partial charge in [-0.25, -0.2) is 12.8 Å². The zero-order chi connectivity index (χ0) is 15.5. The molecule has 20 heavy (non-hydrogen) atoms. The molecule has 0 aromatic heterocycles. The Bertz CT molecular complexity index is 667. The lowest BCUT2D eigenvalue weighted by Crippen LogP contribution is -2.40. The standard InChI is InChI=1S/C12H13FN2O4S/c1-8(12(16)17)15(2)20(18,19)7-10-5-9(6-14)3-4-11(10)13/h3-5,8H,7H2,1-2H3,(H,16,17). The van der Waals surface area contributed by atoms with Crippen molar-refractivity contribution < 1.29 is 22.7 Å². The Labute approximate surface area is 116 Å². The Morgan fingerprint density at radius 2 is 2.15 bits per heavy atom. The van der Waals surface area contributed by atoms with E-state index >= 15 is 0 Å². The van der Waals surface area contributed by atoms with E-state index in [1.54, 1.807) is 6.07 Å². The molecular weight excluding hydrogens is 287 g/mol. The maximum Gasteiger partial charge on any atom is 0.321 e. The van der Waals surface area contributed by atoms with E-state index in [2.05, 4.69) is 0 Å². The summed E-state index contributed by atoms with van der Waals surface area (Å²) in [5.74, 6) is -2.77. The third-order valence-electron chi connectivity index (χ3n) is 2.85. The number of carbonyl (C=O) groups is 1. The molecule has 0 bridgehead atoms. The Kier molecular flexibility index (Phi) is 4.81. The highest BCUT2D eigenvalue weighted by atomic mass is 32.2. The minimum Gasteiger partial charge on any atom is -0.480 e. The van der Waals surface area contributed by atoms with Crippen LogP contribution < -0.4 is 0 Å². The summed E-state index contributed by atoms with van der Waals surface area (Å²) in [5, 5.41) is 17.5. The first-order valence-corrected chi connectivity index (χ1v) is 7.17. The van der Waals surface area contributed by atoms with Crippen molar-refractivity contribution in [1.29, 1.82) is 5.26 Å². The second-order valence-electron chi connectivity index (χ2n) is 4.20. The number of rotatable bonds is 5. The molecule has 0 saturated heterocycles. The number of nitrogens with zero attached hydrogens (tertiary/aromatic N) is 2. The third-order valence-corrected chi connectivity index (χ3v) is 4.72. The number of carboxylic acid groups (broad SMARTS) is 1. The Morgan fingerprint density at radius 3 is 2.65 bits per heavy atom. The molecule has 0 aliphatic carbocycles. The highest BCUT2D eigenvalue weighted by molar-refractivity contribution is 7.88. The summed E-state index contributed by atoms with van der Waals surface area (Å²) in [6, 6.07) is 3.89. The second-order valence-corrected chi connectivity index (χ2v) is 6.23. The summed E-state index contributed by atoms with van der Waals surface area (Å²) in [7, 11) is -2.89.